The van der Waals surface area contributed by atoms with Gasteiger partial charge in [0.1, 0.15) is 12.0 Å². The monoisotopic (exact) mass is 287 g/mol. The SMILES string of the molecule is CC1(C)CN(C(=O)c2ncncc2Cl)CC[S@@]1=O. The van der Waals surface area contributed by atoms with Gasteiger partial charge in [0, 0.05) is 35.8 Å². The normalized spacial score (nSPS) is 22.8. The highest BCUT2D eigenvalue weighted by Crippen LogP contribution is 2.22. The molecule has 1 saturated heterocycles. The number of carbonyl (C=O) groups is 1. The minimum Gasteiger partial charge on any atom is -0.335 e. The average molecular weight is 288 g/mol. The van der Waals surface area contributed by atoms with Crippen molar-refractivity contribution >= 4 is 28.3 Å². The van der Waals surface area contributed by atoms with Crippen molar-refractivity contribution < 1.29 is 9.00 Å². The van der Waals surface area contributed by atoms with E-state index in [1.165, 1.54) is 12.5 Å². The topological polar surface area (TPSA) is 63.2 Å². The summed E-state index contributed by atoms with van der Waals surface area (Å²) in [6, 6.07) is 0. The van der Waals surface area contributed by atoms with E-state index in [9.17, 15) is 9.00 Å². The van der Waals surface area contributed by atoms with Crippen LogP contribution in [0.4, 0.5) is 0 Å². The van der Waals surface area contributed by atoms with Crippen molar-refractivity contribution in [2.24, 2.45) is 0 Å². The molecule has 0 bridgehead atoms. The molecule has 1 atom stereocenters. The van der Waals surface area contributed by atoms with Crippen LogP contribution in [-0.4, -0.2) is 48.6 Å². The van der Waals surface area contributed by atoms with Crippen molar-refractivity contribution in [2.45, 2.75) is 18.6 Å². The third-order valence-corrected chi connectivity index (χ3v) is 5.08. The minimum atomic E-state index is -0.909. The fraction of sp³-hybridized carbons (Fsp3) is 0.545. The number of hydrogen-bond acceptors (Lipinski definition) is 4. The molecule has 1 aliphatic heterocycles. The highest BCUT2D eigenvalue weighted by atomic mass is 35.5. The van der Waals surface area contributed by atoms with Crippen LogP contribution in [0.1, 0.15) is 24.3 Å². The standard InChI is InChI=1S/C11H14ClN3O2S/c1-11(2)6-15(3-4-18(11)17)10(16)9-8(12)5-13-7-14-9/h5,7H,3-4,6H2,1-2H3/t18-/m0/s1. The van der Waals surface area contributed by atoms with Gasteiger partial charge in [0.2, 0.25) is 0 Å². The Hall–Kier alpha value is -1.01. The highest BCUT2D eigenvalue weighted by molar-refractivity contribution is 7.86. The van der Waals surface area contributed by atoms with Crippen molar-refractivity contribution in [2.75, 3.05) is 18.8 Å². The predicted molar refractivity (Wildman–Crippen MR) is 70.0 cm³/mol. The number of nitrogens with zero attached hydrogens (tertiary/aromatic N) is 3. The van der Waals surface area contributed by atoms with Gasteiger partial charge in [-0.25, -0.2) is 9.97 Å². The van der Waals surface area contributed by atoms with Gasteiger partial charge < -0.3 is 4.90 Å². The molecule has 0 spiro atoms. The lowest BCUT2D eigenvalue weighted by atomic mass is 10.1. The van der Waals surface area contributed by atoms with Crippen molar-refractivity contribution in [1.29, 1.82) is 0 Å². The fourth-order valence-corrected chi connectivity index (χ4v) is 3.30. The maximum atomic E-state index is 12.3. The van der Waals surface area contributed by atoms with Gasteiger partial charge in [0.05, 0.1) is 9.77 Å². The van der Waals surface area contributed by atoms with Crippen molar-refractivity contribution in [3.8, 4) is 0 Å². The lowest BCUT2D eigenvalue weighted by Gasteiger charge is -2.37. The number of carbonyl (C=O) groups excluding carboxylic acids is 1. The molecular formula is C11H14ClN3O2S. The van der Waals surface area contributed by atoms with Crippen LogP contribution in [0, 0.1) is 0 Å². The van der Waals surface area contributed by atoms with E-state index in [0.717, 1.165) is 0 Å². The Morgan fingerprint density at radius 3 is 2.89 bits per heavy atom. The third kappa shape index (κ3) is 2.54. The zero-order valence-electron chi connectivity index (χ0n) is 10.2. The van der Waals surface area contributed by atoms with Gasteiger partial charge in [-0.15, -0.1) is 0 Å². The first-order valence-electron chi connectivity index (χ1n) is 5.55. The summed E-state index contributed by atoms with van der Waals surface area (Å²) in [5, 5.41) is 0.243. The summed E-state index contributed by atoms with van der Waals surface area (Å²) in [6.07, 6.45) is 2.70. The van der Waals surface area contributed by atoms with Crippen LogP contribution >= 0.6 is 11.6 Å². The molecule has 0 radical (unpaired) electrons. The van der Waals surface area contributed by atoms with E-state index in [4.69, 9.17) is 11.6 Å². The number of hydrogen-bond donors (Lipinski definition) is 0. The molecule has 2 heterocycles. The molecule has 0 unspecified atom stereocenters. The smallest absolute Gasteiger partial charge is 0.274 e. The molecule has 0 N–H and O–H groups in total. The van der Waals surface area contributed by atoms with Gasteiger partial charge in [0.25, 0.3) is 5.91 Å². The van der Waals surface area contributed by atoms with E-state index in [0.29, 0.717) is 18.8 Å². The van der Waals surface area contributed by atoms with Gasteiger partial charge in [0.15, 0.2) is 0 Å². The quantitative estimate of drug-likeness (QED) is 0.776. The molecule has 0 aliphatic carbocycles. The van der Waals surface area contributed by atoms with Gasteiger partial charge in [-0.2, -0.15) is 0 Å². The summed E-state index contributed by atoms with van der Waals surface area (Å²) in [5.41, 5.74) is 0.204. The Balaban J connectivity index is 2.21. The summed E-state index contributed by atoms with van der Waals surface area (Å²) in [6.45, 7) is 4.70. The fourth-order valence-electron chi connectivity index (χ4n) is 1.87. The molecule has 1 aromatic heterocycles. The van der Waals surface area contributed by atoms with Crippen LogP contribution < -0.4 is 0 Å². The summed E-state index contributed by atoms with van der Waals surface area (Å²) in [4.78, 5) is 21.6. The van der Waals surface area contributed by atoms with Crippen LogP contribution in [-0.2, 0) is 10.8 Å². The number of aromatic nitrogens is 2. The Bertz CT molecular complexity index is 507. The second kappa shape index (κ2) is 4.93. The highest BCUT2D eigenvalue weighted by Gasteiger charge is 2.36. The van der Waals surface area contributed by atoms with E-state index < -0.39 is 15.5 Å². The van der Waals surface area contributed by atoms with E-state index in [1.807, 2.05) is 13.8 Å². The molecule has 2 rings (SSSR count). The molecule has 1 aliphatic rings. The molecule has 18 heavy (non-hydrogen) atoms. The zero-order valence-corrected chi connectivity index (χ0v) is 11.8. The van der Waals surface area contributed by atoms with Crippen LogP contribution in [0.25, 0.3) is 0 Å². The van der Waals surface area contributed by atoms with Crippen molar-refractivity contribution in [3.05, 3.63) is 23.2 Å². The Labute approximate surface area is 113 Å². The minimum absolute atomic E-state index is 0.204. The molecule has 0 aromatic carbocycles. The number of rotatable bonds is 1. The molecule has 1 amide bonds. The first kappa shape index (κ1) is 13.4. The van der Waals surface area contributed by atoms with E-state index >= 15 is 0 Å². The molecule has 7 heteroatoms. The van der Waals surface area contributed by atoms with Crippen molar-refractivity contribution in [3.63, 3.8) is 0 Å². The molecule has 1 fully saturated rings. The summed E-state index contributed by atoms with van der Waals surface area (Å²) < 4.78 is 11.4. The van der Waals surface area contributed by atoms with Gasteiger partial charge >= 0.3 is 0 Å². The van der Waals surface area contributed by atoms with Gasteiger partial charge in [-0.05, 0) is 13.8 Å². The lowest BCUT2D eigenvalue weighted by molar-refractivity contribution is 0.0740. The first-order chi connectivity index (χ1) is 8.42. The van der Waals surface area contributed by atoms with E-state index in [-0.39, 0.29) is 16.6 Å². The van der Waals surface area contributed by atoms with Crippen LogP contribution in [0.2, 0.25) is 5.02 Å². The van der Waals surface area contributed by atoms with Gasteiger partial charge in [-0.1, -0.05) is 11.6 Å². The molecular weight excluding hydrogens is 274 g/mol. The van der Waals surface area contributed by atoms with E-state index in [1.54, 1.807) is 4.90 Å². The zero-order chi connectivity index (χ0) is 13.3. The average Bonchev–Trinajstić information content (AvgIpc) is 2.32. The number of amides is 1. The molecule has 5 nitrogen and oxygen atoms in total. The lowest BCUT2D eigenvalue weighted by Crippen LogP contribution is -2.52. The largest absolute Gasteiger partial charge is 0.335 e. The number of halogens is 1. The van der Waals surface area contributed by atoms with Crippen LogP contribution in [0.5, 0.6) is 0 Å². The molecule has 1 aromatic rings. The molecule has 98 valence electrons. The third-order valence-electron chi connectivity index (χ3n) is 2.89. The summed E-state index contributed by atoms with van der Waals surface area (Å²) >= 11 is 5.91. The van der Waals surface area contributed by atoms with Crippen LogP contribution in [0.3, 0.4) is 0 Å². The maximum Gasteiger partial charge on any atom is 0.274 e. The second-order valence-corrected chi connectivity index (χ2v) is 7.37. The second-order valence-electron chi connectivity index (χ2n) is 4.76. The predicted octanol–water partition coefficient (Wildman–Crippen LogP) is 1.11. The van der Waals surface area contributed by atoms with Gasteiger partial charge in [-0.3, -0.25) is 9.00 Å². The Morgan fingerprint density at radius 1 is 1.56 bits per heavy atom. The van der Waals surface area contributed by atoms with Crippen molar-refractivity contribution in [1.82, 2.24) is 14.9 Å². The first-order valence-corrected chi connectivity index (χ1v) is 7.25. The summed E-state index contributed by atoms with van der Waals surface area (Å²) in [5.74, 6) is 0.258. The van der Waals surface area contributed by atoms with E-state index in [2.05, 4.69) is 9.97 Å². The Kier molecular flexibility index (Phi) is 3.68. The summed E-state index contributed by atoms with van der Waals surface area (Å²) in [7, 11) is -0.909. The van der Waals surface area contributed by atoms with Crippen LogP contribution in [0.15, 0.2) is 12.5 Å². The Morgan fingerprint density at radius 2 is 2.28 bits per heavy atom. The molecule has 0 saturated carbocycles. The maximum absolute atomic E-state index is 12.3.